The van der Waals surface area contributed by atoms with Crippen molar-refractivity contribution in [1.29, 1.82) is 0 Å². The predicted octanol–water partition coefficient (Wildman–Crippen LogP) is 6.84. The highest BCUT2D eigenvalue weighted by Crippen LogP contribution is 2.38. The van der Waals surface area contributed by atoms with Crippen molar-refractivity contribution < 1.29 is 39.9 Å². The molecule has 0 bridgehead atoms. The Hall–Kier alpha value is -2.43. The van der Waals surface area contributed by atoms with Gasteiger partial charge in [-0.1, -0.05) is 41.1 Å². The van der Waals surface area contributed by atoms with Gasteiger partial charge in [-0.05, 0) is 18.6 Å². The highest BCUT2D eigenvalue weighted by atomic mass is 79.9. The highest BCUT2D eigenvalue weighted by molar-refractivity contribution is 9.10. The van der Waals surface area contributed by atoms with Crippen LogP contribution < -0.4 is 5.32 Å². The molecule has 2 aromatic rings. The number of nitrogens with one attached hydrogen (secondary N) is 1. The van der Waals surface area contributed by atoms with Crippen LogP contribution in [0.25, 0.3) is 6.08 Å². The zero-order valence-corrected chi connectivity index (χ0v) is 16.6. The quantitative estimate of drug-likeness (QED) is 0.352. The number of hydrogen-bond donors (Lipinski definition) is 1. The fraction of sp³-hybridized carbons (Fsp3) is 0.211. The van der Waals surface area contributed by atoms with Crippen molar-refractivity contribution in [3.8, 4) is 0 Å². The number of allylic oxidation sites excluding steroid dienone is 1. The van der Waals surface area contributed by atoms with Gasteiger partial charge < -0.3 is 5.32 Å². The van der Waals surface area contributed by atoms with Crippen LogP contribution in [0.4, 0.5) is 40.8 Å². The second kappa shape index (κ2) is 9.15. The first-order valence-electron chi connectivity index (χ1n) is 8.20. The Morgan fingerprint density at radius 1 is 1.07 bits per heavy atom. The smallest absolute Gasteiger partial charge is 0.321 e. The van der Waals surface area contributed by atoms with E-state index in [2.05, 4.69) is 15.9 Å². The lowest BCUT2D eigenvalue weighted by Crippen LogP contribution is -2.24. The lowest BCUT2D eigenvalue weighted by molar-refractivity contribution is -0.143. The molecule has 0 aliphatic heterocycles. The molecule has 2 nitrogen and oxygen atoms in total. The van der Waals surface area contributed by atoms with Gasteiger partial charge in [0.05, 0.1) is 0 Å². The van der Waals surface area contributed by atoms with Crippen molar-refractivity contribution in [2.75, 3.05) is 5.32 Å². The average molecular weight is 502 g/mol. The molecule has 0 unspecified atom stereocenters. The number of carbonyl (C=O) groups excluding carboxylic acids is 1. The van der Waals surface area contributed by atoms with Crippen LogP contribution in [0.3, 0.4) is 0 Å². The normalized spacial score (nSPS) is 13.0. The maximum absolute atomic E-state index is 13.9. The van der Waals surface area contributed by atoms with E-state index in [0.29, 0.717) is 4.47 Å². The maximum Gasteiger partial charge on any atom is 0.422 e. The van der Waals surface area contributed by atoms with Crippen molar-refractivity contribution in [2.45, 2.75) is 19.5 Å². The minimum Gasteiger partial charge on any atom is -0.321 e. The molecule has 0 saturated carbocycles. The summed E-state index contributed by atoms with van der Waals surface area (Å²) in [5, 5.41) is 1.56. The first-order chi connectivity index (χ1) is 13.8. The van der Waals surface area contributed by atoms with Crippen LogP contribution in [0, 0.1) is 35.0 Å². The molecule has 0 spiro atoms. The van der Waals surface area contributed by atoms with Gasteiger partial charge >= 0.3 is 6.18 Å². The monoisotopic (exact) mass is 501 g/mol. The molecule has 0 aliphatic carbocycles. The summed E-state index contributed by atoms with van der Waals surface area (Å²) in [5.74, 6) is -12.8. The van der Waals surface area contributed by atoms with Crippen molar-refractivity contribution in [1.82, 2.24) is 0 Å². The van der Waals surface area contributed by atoms with Crippen molar-refractivity contribution in [3.05, 3.63) is 69.0 Å². The number of halogens is 9. The summed E-state index contributed by atoms with van der Waals surface area (Å²) in [6.07, 6.45) is -3.05. The third-order valence-corrected chi connectivity index (χ3v) is 4.49. The van der Waals surface area contributed by atoms with Crippen LogP contribution in [-0.2, 0) is 11.0 Å². The van der Waals surface area contributed by atoms with Crippen molar-refractivity contribution in [3.63, 3.8) is 0 Å². The number of carbonyl (C=O) groups is 1. The van der Waals surface area contributed by atoms with E-state index in [1.54, 1.807) is 11.4 Å². The minimum absolute atomic E-state index is 0.0732. The zero-order valence-electron chi connectivity index (χ0n) is 15.0. The van der Waals surface area contributed by atoms with Gasteiger partial charge in [0.15, 0.2) is 23.3 Å². The molecule has 2 rings (SSSR count). The van der Waals surface area contributed by atoms with Crippen LogP contribution in [-0.4, -0.2) is 5.91 Å². The van der Waals surface area contributed by atoms with E-state index in [0.717, 1.165) is 0 Å². The van der Waals surface area contributed by atoms with E-state index >= 15 is 0 Å². The fourth-order valence-corrected chi connectivity index (χ4v) is 2.71. The van der Waals surface area contributed by atoms with Gasteiger partial charge in [0.1, 0.15) is 17.1 Å². The molecule has 0 aromatic heterocycles. The lowest BCUT2D eigenvalue weighted by atomic mass is 10.0. The molecular formula is C19H12BrF8NO. The SMILES string of the molecule is C[C@@H](C/C=C/c1ccc(Br)cc1F)C(=O)Nc1c(F)c(F)c(C(F)(F)F)c(F)c1F. The first-order valence-corrected chi connectivity index (χ1v) is 8.99. The molecule has 30 heavy (non-hydrogen) atoms. The number of amides is 1. The Morgan fingerprint density at radius 2 is 1.63 bits per heavy atom. The van der Waals surface area contributed by atoms with Crippen LogP contribution in [0.15, 0.2) is 28.7 Å². The molecule has 2 aromatic carbocycles. The largest absolute Gasteiger partial charge is 0.422 e. The molecule has 1 amide bonds. The number of alkyl halides is 3. The summed E-state index contributed by atoms with van der Waals surface area (Å²) in [4.78, 5) is 12.0. The first kappa shape index (κ1) is 23.8. The van der Waals surface area contributed by atoms with Crippen LogP contribution in [0.2, 0.25) is 0 Å². The second-order valence-electron chi connectivity index (χ2n) is 6.20. The van der Waals surface area contributed by atoms with Crippen molar-refractivity contribution >= 4 is 33.6 Å². The van der Waals surface area contributed by atoms with Gasteiger partial charge in [0.25, 0.3) is 0 Å². The molecule has 0 aliphatic rings. The molecule has 11 heteroatoms. The Labute approximate surface area is 173 Å². The van der Waals surface area contributed by atoms with E-state index in [4.69, 9.17) is 0 Å². The van der Waals surface area contributed by atoms with Crippen LogP contribution in [0.1, 0.15) is 24.5 Å². The number of anilines is 1. The Kier molecular flexibility index (Phi) is 7.27. The third-order valence-electron chi connectivity index (χ3n) is 3.99. The van der Waals surface area contributed by atoms with E-state index in [-0.39, 0.29) is 12.0 Å². The molecule has 0 radical (unpaired) electrons. The molecular weight excluding hydrogens is 490 g/mol. The van der Waals surface area contributed by atoms with Crippen LogP contribution in [0.5, 0.6) is 0 Å². The molecule has 0 heterocycles. The highest BCUT2D eigenvalue weighted by Gasteiger charge is 2.42. The fourth-order valence-electron chi connectivity index (χ4n) is 2.38. The Morgan fingerprint density at radius 3 is 2.13 bits per heavy atom. The molecule has 1 N–H and O–H groups in total. The minimum atomic E-state index is -5.68. The summed E-state index contributed by atoms with van der Waals surface area (Å²) < 4.78 is 107. The Bertz CT molecular complexity index is 974. The summed E-state index contributed by atoms with van der Waals surface area (Å²) in [6, 6.07) is 4.21. The molecule has 0 saturated heterocycles. The molecule has 162 valence electrons. The predicted molar refractivity (Wildman–Crippen MR) is 96.8 cm³/mol. The summed E-state index contributed by atoms with van der Waals surface area (Å²) >= 11 is 3.08. The summed E-state index contributed by atoms with van der Waals surface area (Å²) in [6.45, 7) is 1.28. The number of hydrogen-bond acceptors (Lipinski definition) is 1. The van der Waals surface area contributed by atoms with E-state index in [1.807, 2.05) is 0 Å². The number of rotatable bonds is 5. The zero-order chi connectivity index (χ0) is 22.8. The Balaban J connectivity index is 2.18. The molecule has 0 fully saturated rings. The third kappa shape index (κ3) is 5.18. The topological polar surface area (TPSA) is 29.1 Å². The van der Waals surface area contributed by atoms with Crippen molar-refractivity contribution in [2.24, 2.45) is 5.92 Å². The summed E-state index contributed by atoms with van der Waals surface area (Å²) in [7, 11) is 0. The molecule has 1 atom stereocenters. The van der Waals surface area contributed by atoms with Gasteiger partial charge in [0.2, 0.25) is 5.91 Å². The average Bonchev–Trinajstić information content (AvgIpc) is 2.64. The van der Waals surface area contributed by atoms with Gasteiger partial charge in [-0.3, -0.25) is 4.79 Å². The standard InChI is InChI=1S/C19H12BrF8NO/c1-8(3-2-4-9-5-6-10(20)7-11(9)21)18(30)29-17-15(24)13(22)12(19(26,27)28)14(23)16(17)25/h2,4-8H,3H2,1H3,(H,29,30)/b4-2+/t8-/m0/s1. The van der Waals surface area contributed by atoms with E-state index in [1.165, 1.54) is 31.2 Å². The number of benzene rings is 2. The van der Waals surface area contributed by atoms with Gasteiger partial charge in [-0.25, -0.2) is 22.0 Å². The van der Waals surface area contributed by atoms with Crippen LogP contribution >= 0.6 is 15.9 Å². The van der Waals surface area contributed by atoms with Gasteiger partial charge in [-0.15, -0.1) is 0 Å². The lowest BCUT2D eigenvalue weighted by Gasteiger charge is -2.16. The van der Waals surface area contributed by atoms with E-state index in [9.17, 15) is 39.9 Å². The van der Waals surface area contributed by atoms with E-state index < -0.39 is 58.3 Å². The summed E-state index contributed by atoms with van der Waals surface area (Å²) in [5.41, 5.74) is -4.21. The van der Waals surface area contributed by atoms with Gasteiger partial charge in [0, 0.05) is 16.0 Å². The van der Waals surface area contributed by atoms with Gasteiger partial charge in [-0.2, -0.15) is 13.2 Å². The second-order valence-corrected chi connectivity index (χ2v) is 7.11. The maximum atomic E-state index is 13.9.